The van der Waals surface area contributed by atoms with Gasteiger partial charge in [0.25, 0.3) is 0 Å². The number of Topliss-reactive ketones (excluding diaryl/α,β-unsaturated/α-hetero) is 1. The summed E-state index contributed by atoms with van der Waals surface area (Å²) in [6, 6.07) is 17.3. The molecule has 0 saturated heterocycles. The molecular weight excluding hydrogens is 307 g/mol. The number of ketones is 1. The van der Waals surface area contributed by atoms with Gasteiger partial charge in [-0.25, -0.2) is 0 Å². The molecule has 4 heteroatoms. The molecule has 114 valence electrons. The Hall–Kier alpha value is -2.51. The van der Waals surface area contributed by atoms with Crippen molar-refractivity contribution in [3.05, 3.63) is 84.5 Å². The van der Waals surface area contributed by atoms with Crippen LogP contribution in [0, 0.1) is 0 Å². The van der Waals surface area contributed by atoms with Gasteiger partial charge in [0.15, 0.2) is 5.78 Å². The van der Waals surface area contributed by atoms with Gasteiger partial charge < -0.3 is 4.57 Å². The molecule has 2 aromatic rings. The largest absolute Gasteiger partial charge is 0.305 e. The molecule has 0 unspecified atom stereocenters. The molecule has 0 bridgehead atoms. The van der Waals surface area contributed by atoms with Crippen LogP contribution in [0.25, 0.3) is 0 Å². The maximum absolute atomic E-state index is 13.8. The van der Waals surface area contributed by atoms with Gasteiger partial charge in [0.2, 0.25) is 12.7 Å². The molecule has 0 atom stereocenters. The predicted molar refractivity (Wildman–Crippen MR) is 91.6 cm³/mol. The minimum absolute atomic E-state index is 0.0172. The molecule has 0 radical (unpaired) electrons. The third-order valence-corrected chi connectivity index (χ3v) is 6.62. The van der Waals surface area contributed by atoms with Crippen LogP contribution in [0.2, 0.25) is 0 Å². The number of carbonyl (C=O) groups excluding carboxylic acids is 2. The fourth-order valence-electron chi connectivity index (χ4n) is 2.56. The Morgan fingerprint density at radius 1 is 0.870 bits per heavy atom. The van der Waals surface area contributed by atoms with E-state index >= 15 is 0 Å². The molecule has 0 saturated carbocycles. The van der Waals surface area contributed by atoms with E-state index in [1.807, 2.05) is 0 Å². The summed E-state index contributed by atoms with van der Waals surface area (Å²) in [6.07, 6.45) is 4.98. The Labute approximate surface area is 134 Å². The molecule has 23 heavy (non-hydrogen) atoms. The average Bonchev–Trinajstić information content (AvgIpc) is 2.62. The first-order valence-corrected chi connectivity index (χ1v) is 9.01. The lowest BCUT2D eigenvalue weighted by Crippen LogP contribution is -2.26. The van der Waals surface area contributed by atoms with Crippen LogP contribution in [0.15, 0.2) is 84.5 Å². The Morgan fingerprint density at radius 2 is 1.39 bits per heavy atom. The highest BCUT2D eigenvalue weighted by Gasteiger charge is 2.39. The Kier molecular flexibility index (Phi) is 4.22. The first-order valence-electron chi connectivity index (χ1n) is 7.30. The molecule has 0 heterocycles. The molecule has 3 nitrogen and oxygen atoms in total. The summed E-state index contributed by atoms with van der Waals surface area (Å²) in [6.45, 7) is 0. The van der Waals surface area contributed by atoms with Crippen LogP contribution in [-0.2, 0) is 14.2 Å². The fraction of sp³-hybridized carbons (Fsp3) is 0.0526. The van der Waals surface area contributed by atoms with Crippen LogP contribution in [0.3, 0.4) is 0 Å². The van der Waals surface area contributed by atoms with Crippen LogP contribution in [-0.4, -0.2) is 11.3 Å². The van der Waals surface area contributed by atoms with E-state index in [4.69, 9.17) is 0 Å². The molecule has 0 aliphatic heterocycles. The topological polar surface area (TPSA) is 51.2 Å². The zero-order valence-electron chi connectivity index (χ0n) is 12.4. The molecule has 0 N–H and O–H groups in total. The number of rotatable bonds is 4. The molecule has 0 spiro atoms. The summed E-state index contributed by atoms with van der Waals surface area (Å²) in [5.74, 6) is -0.287. The van der Waals surface area contributed by atoms with Crippen molar-refractivity contribution in [3.8, 4) is 0 Å². The van der Waals surface area contributed by atoms with E-state index in [1.165, 1.54) is 6.08 Å². The van der Waals surface area contributed by atoms with Crippen LogP contribution in [0.1, 0.15) is 6.42 Å². The zero-order valence-corrected chi connectivity index (χ0v) is 13.3. The lowest BCUT2D eigenvalue weighted by Gasteiger charge is -2.19. The number of allylic oxidation sites excluding steroid dienone is 4. The maximum Gasteiger partial charge on any atom is 0.233 e. The van der Waals surface area contributed by atoms with Gasteiger partial charge in [-0.05, 0) is 6.08 Å². The van der Waals surface area contributed by atoms with Crippen molar-refractivity contribution in [1.82, 2.24) is 0 Å². The smallest absolute Gasteiger partial charge is 0.233 e. The van der Waals surface area contributed by atoms with Crippen molar-refractivity contribution in [1.29, 1.82) is 0 Å². The molecule has 0 fully saturated rings. The quantitative estimate of drug-likeness (QED) is 0.642. The van der Waals surface area contributed by atoms with Gasteiger partial charge in [-0.2, -0.15) is 0 Å². The van der Waals surface area contributed by atoms with Gasteiger partial charge in [-0.15, -0.1) is 0 Å². The second-order valence-electron chi connectivity index (χ2n) is 5.22. The molecule has 0 amide bonds. The Morgan fingerprint density at radius 3 is 1.87 bits per heavy atom. The highest BCUT2D eigenvalue weighted by atomic mass is 31.2. The van der Waals surface area contributed by atoms with Crippen molar-refractivity contribution in [3.63, 3.8) is 0 Å². The second kappa shape index (κ2) is 6.31. The van der Waals surface area contributed by atoms with Gasteiger partial charge in [0.1, 0.15) is 0 Å². The number of hydrogen-bond donors (Lipinski definition) is 0. The van der Waals surface area contributed by atoms with E-state index in [2.05, 4.69) is 0 Å². The van der Waals surface area contributed by atoms with Crippen molar-refractivity contribution < 1.29 is 14.2 Å². The molecule has 0 aromatic heterocycles. The first kappa shape index (κ1) is 15.4. The molecule has 2 aromatic carbocycles. The van der Waals surface area contributed by atoms with Gasteiger partial charge >= 0.3 is 0 Å². The van der Waals surface area contributed by atoms with Crippen molar-refractivity contribution >= 4 is 29.1 Å². The highest BCUT2D eigenvalue weighted by Crippen LogP contribution is 2.47. The molecule has 1 aliphatic rings. The third-order valence-electron chi connectivity index (χ3n) is 3.76. The summed E-state index contributed by atoms with van der Waals surface area (Å²) < 4.78 is 13.8. The molecule has 3 rings (SSSR count). The summed E-state index contributed by atoms with van der Waals surface area (Å²) >= 11 is 0. The van der Waals surface area contributed by atoms with E-state index in [0.29, 0.717) is 10.6 Å². The normalized spacial score (nSPS) is 14.4. The average molecular weight is 322 g/mol. The Balaban J connectivity index is 2.20. The monoisotopic (exact) mass is 322 g/mol. The first-order chi connectivity index (χ1) is 11.1. The summed E-state index contributed by atoms with van der Waals surface area (Å²) in [7, 11) is -3.58. The van der Waals surface area contributed by atoms with Crippen LogP contribution in [0.4, 0.5) is 0 Å². The number of hydrogen-bond acceptors (Lipinski definition) is 3. The van der Waals surface area contributed by atoms with E-state index in [9.17, 15) is 14.2 Å². The van der Waals surface area contributed by atoms with Crippen molar-refractivity contribution in [2.45, 2.75) is 6.42 Å². The Bertz CT molecular complexity index is 805. The number of benzene rings is 2. The molecule has 1 aliphatic carbocycles. The SMILES string of the molecule is O=C1CC=CC=C1C(=O)P(=O)(c1ccccc1)c1ccccc1. The van der Waals surface area contributed by atoms with Crippen molar-refractivity contribution in [2.75, 3.05) is 0 Å². The highest BCUT2D eigenvalue weighted by molar-refractivity contribution is 7.93. The fourth-order valence-corrected chi connectivity index (χ4v) is 5.05. The minimum atomic E-state index is -3.58. The number of carbonyl (C=O) groups is 2. The van der Waals surface area contributed by atoms with Gasteiger partial charge in [0.05, 0.1) is 5.57 Å². The summed E-state index contributed by atoms with van der Waals surface area (Å²) in [5, 5.41) is 0.888. The van der Waals surface area contributed by atoms with Crippen LogP contribution >= 0.6 is 7.14 Å². The third kappa shape index (κ3) is 2.76. The molecular formula is C19H15O3P. The van der Waals surface area contributed by atoms with E-state index in [0.717, 1.165) is 0 Å². The van der Waals surface area contributed by atoms with E-state index in [1.54, 1.807) is 72.8 Å². The standard InChI is InChI=1S/C19H15O3P/c20-18-14-8-7-13-17(18)19(21)23(22,15-9-3-1-4-10-15)16-11-5-2-6-12-16/h1-13H,14H2. The van der Waals surface area contributed by atoms with E-state index in [-0.39, 0.29) is 17.8 Å². The van der Waals surface area contributed by atoms with Crippen LogP contribution in [0.5, 0.6) is 0 Å². The van der Waals surface area contributed by atoms with E-state index < -0.39 is 12.7 Å². The lowest BCUT2D eigenvalue weighted by atomic mass is 10.1. The zero-order chi connectivity index (χ0) is 16.3. The second-order valence-corrected chi connectivity index (χ2v) is 7.88. The minimum Gasteiger partial charge on any atom is -0.305 e. The van der Waals surface area contributed by atoms with Gasteiger partial charge in [0, 0.05) is 17.0 Å². The lowest BCUT2D eigenvalue weighted by molar-refractivity contribution is -0.118. The van der Waals surface area contributed by atoms with Gasteiger partial charge in [-0.3, -0.25) is 9.59 Å². The summed E-state index contributed by atoms with van der Waals surface area (Å²) in [5.41, 5.74) is -0.576. The predicted octanol–water partition coefficient (Wildman–Crippen LogP) is 2.98. The maximum atomic E-state index is 13.8. The summed E-state index contributed by atoms with van der Waals surface area (Å²) in [4.78, 5) is 25.1. The van der Waals surface area contributed by atoms with Gasteiger partial charge in [-0.1, -0.05) is 72.8 Å². The van der Waals surface area contributed by atoms with Crippen LogP contribution < -0.4 is 10.6 Å². The van der Waals surface area contributed by atoms with Crippen molar-refractivity contribution in [2.24, 2.45) is 0 Å².